The van der Waals surface area contributed by atoms with E-state index in [1.807, 2.05) is 0 Å². The predicted molar refractivity (Wildman–Crippen MR) is 77.4 cm³/mol. The van der Waals surface area contributed by atoms with Crippen molar-refractivity contribution in [3.63, 3.8) is 0 Å². The molecular weight excluding hydrogens is 280 g/mol. The number of carboxylic acids is 1. The second kappa shape index (κ2) is 6.23. The van der Waals surface area contributed by atoms with E-state index in [1.165, 1.54) is 12.1 Å². The number of hydrogen-bond acceptors (Lipinski definition) is 4. The summed E-state index contributed by atoms with van der Waals surface area (Å²) in [4.78, 5) is 12.9. The number of anilines is 1. The first-order valence-corrected chi connectivity index (χ1v) is 7.66. The van der Waals surface area contributed by atoms with Crippen molar-refractivity contribution in [3.05, 3.63) is 24.3 Å². The number of rotatable bonds is 6. The molecule has 1 atom stereocenters. The van der Waals surface area contributed by atoms with E-state index in [0.717, 1.165) is 5.69 Å². The van der Waals surface area contributed by atoms with Crippen LogP contribution in [0.1, 0.15) is 13.8 Å². The SMILES string of the molecule is CC(C)[C@@H](NS(=O)(=O)c1cccc(N(C)C)c1)C(=O)O. The number of benzene rings is 1. The van der Waals surface area contributed by atoms with Gasteiger partial charge in [-0.25, -0.2) is 8.42 Å². The zero-order valence-electron chi connectivity index (χ0n) is 12.0. The number of carbonyl (C=O) groups is 1. The van der Waals surface area contributed by atoms with Gasteiger partial charge in [-0.1, -0.05) is 19.9 Å². The van der Waals surface area contributed by atoms with Gasteiger partial charge in [0, 0.05) is 19.8 Å². The molecule has 6 nitrogen and oxygen atoms in total. The van der Waals surface area contributed by atoms with Gasteiger partial charge in [-0.05, 0) is 24.1 Å². The first-order chi connectivity index (χ1) is 9.15. The molecule has 1 aromatic rings. The van der Waals surface area contributed by atoms with Gasteiger partial charge < -0.3 is 10.0 Å². The molecule has 0 saturated heterocycles. The molecule has 0 radical (unpaired) electrons. The number of hydrogen-bond donors (Lipinski definition) is 2. The Morgan fingerprint density at radius 1 is 1.30 bits per heavy atom. The van der Waals surface area contributed by atoms with E-state index in [1.54, 1.807) is 45.0 Å². The van der Waals surface area contributed by atoms with Crippen LogP contribution in [0.25, 0.3) is 0 Å². The summed E-state index contributed by atoms with van der Waals surface area (Å²) in [5, 5.41) is 9.06. The molecule has 0 fully saturated rings. The zero-order valence-corrected chi connectivity index (χ0v) is 12.8. The van der Waals surface area contributed by atoms with Crippen LogP contribution < -0.4 is 9.62 Å². The second-order valence-corrected chi connectivity index (χ2v) is 6.79. The van der Waals surface area contributed by atoms with E-state index < -0.39 is 22.0 Å². The monoisotopic (exact) mass is 300 g/mol. The highest BCUT2D eigenvalue weighted by atomic mass is 32.2. The van der Waals surface area contributed by atoms with Crippen molar-refractivity contribution in [2.24, 2.45) is 5.92 Å². The number of nitrogens with one attached hydrogen (secondary N) is 1. The molecule has 0 heterocycles. The second-order valence-electron chi connectivity index (χ2n) is 5.07. The molecule has 0 aromatic heterocycles. The van der Waals surface area contributed by atoms with Gasteiger partial charge in [-0.3, -0.25) is 4.79 Å². The lowest BCUT2D eigenvalue weighted by atomic mass is 10.1. The molecule has 1 aromatic carbocycles. The van der Waals surface area contributed by atoms with Crippen LogP contribution in [0.2, 0.25) is 0 Å². The van der Waals surface area contributed by atoms with Gasteiger partial charge in [0.1, 0.15) is 6.04 Å². The molecule has 0 aliphatic rings. The summed E-state index contributed by atoms with van der Waals surface area (Å²) in [6.45, 7) is 3.30. The van der Waals surface area contributed by atoms with Gasteiger partial charge in [-0.15, -0.1) is 0 Å². The largest absolute Gasteiger partial charge is 0.480 e. The first kappa shape index (κ1) is 16.5. The Kier molecular flexibility index (Phi) is 5.13. The predicted octanol–water partition coefficient (Wildman–Crippen LogP) is 1.14. The lowest BCUT2D eigenvalue weighted by molar-refractivity contribution is -0.140. The summed E-state index contributed by atoms with van der Waals surface area (Å²) < 4.78 is 26.7. The highest BCUT2D eigenvalue weighted by Crippen LogP contribution is 2.18. The molecule has 0 aliphatic carbocycles. The van der Waals surface area contributed by atoms with E-state index in [0.29, 0.717) is 0 Å². The minimum absolute atomic E-state index is 0.0515. The molecule has 1 rings (SSSR count). The van der Waals surface area contributed by atoms with Crippen molar-refractivity contribution in [1.29, 1.82) is 0 Å². The lowest BCUT2D eigenvalue weighted by Crippen LogP contribution is -2.44. The Hall–Kier alpha value is -1.60. The summed E-state index contributed by atoms with van der Waals surface area (Å²) in [5.74, 6) is -1.54. The molecule has 2 N–H and O–H groups in total. The normalized spacial score (nSPS) is 13.2. The number of carboxylic acid groups (broad SMARTS) is 1. The Balaban J connectivity index is 3.10. The van der Waals surface area contributed by atoms with Gasteiger partial charge in [-0.2, -0.15) is 4.72 Å². The molecule has 0 unspecified atom stereocenters. The van der Waals surface area contributed by atoms with Crippen LogP contribution >= 0.6 is 0 Å². The van der Waals surface area contributed by atoms with Crippen LogP contribution in [-0.4, -0.2) is 39.6 Å². The molecule has 0 amide bonds. The fourth-order valence-electron chi connectivity index (χ4n) is 1.64. The van der Waals surface area contributed by atoms with Crippen LogP contribution in [0.3, 0.4) is 0 Å². The third kappa shape index (κ3) is 3.94. The van der Waals surface area contributed by atoms with E-state index >= 15 is 0 Å². The van der Waals surface area contributed by atoms with Crippen molar-refractivity contribution in [3.8, 4) is 0 Å². The minimum atomic E-state index is -3.86. The van der Waals surface area contributed by atoms with Crippen molar-refractivity contribution in [2.45, 2.75) is 24.8 Å². The van der Waals surface area contributed by atoms with Crippen molar-refractivity contribution < 1.29 is 18.3 Å². The van der Waals surface area contributed by atoms with Gasteiger partial charge in [0.2, 0.25) is 10.0 Å². The maximum absolute atomic E-state index is 12.2. The van der Waals surface area contributed by atoms with Crippen LogP contribution in [0, 0.1) is 5.92 Å². The number of nitrogens with zero attached hydrogens (tertiary/aromatic N) is 1. The minimum Gasteiger partial charge on any atom is -0.480 e. The lowest BCUT2D eigenvalue weighted by Gasteiger charge is -2.19. The highest BCUT2D eigenvalue weighted by molar-refractivity contribution is 7.89. The maximum atomic E-state index is 12.2. The zero-order chi connectivity index (χ0) is 15.5. The van der Waals surface area contributed by atoms with E-state index in [-0.39, 0.29) is 10.8 Å². The smallest absolute Gasteiger partial charge is 0.322 e. The molecular formula is C13H20N2O4S. The molecule has 0 aliphatic heterocycles. The summed E-state index contributed by atoms with van der Waals surface area (Å²) in [7, 11) is -0.265. The van der Waals surface area contributed by atoms with Crippen LogP contribution in [0.4, 0.5) is 5.69 Å². The first-order valence-electron chi connectivity index (χ1n) is 6.17. The number of sulfonamides is 1. The van der Waals surface area contributed by atoms with Crippen LogP contribution in [0.15, 0.2) is 29.2 Å². The molecule has 0 spiro atoms. The van der Waals surface area contributed by atoms with Crippen molar-refractivity contribution in [2.75, 3.05) is 19.0 Å². The maximum Gasteiger partial charge on any atom is 0.322 e. The molecule has 0 saturated carbocycles. The summed E-state index contributed by atoms with van der Waals surface area (Å²) >= 11 is 0. The summed E-state index contributed by atoms with van der Waals surface area (Å²) in [6.07, 6.45) is 0. The fourth-order valence-corrected chi connectivity index (χ4v) is 3.01. The van der Waals surface area contributed by atoms with E-state index in [9.17, 15) is 13.2 Å². The Labute approximate surface area is 119 Å². The molecule has 20 heavy (non-hydrogen) atoms. The summed E-state index contributed by atoms with van der Waals surface area (Å²) in [5.41, 5.74) is 0.726. The number of aliphatic carboxylic acids is 1. The Bertz CT molecular complexity index is 582. The Morgan fingerprint density at radius 2 is 1.90 bits per heavy atom. The fraction of sp³-hybridized carbons (Fsp3) is 0.462. The molecule has 112 valence electrons. The quantitative estimate of drug-likeness (QED) is 0.822. The van der Waals surface area contributed by atoms with Gasteiger partial charge in [0.05, 0.1) is 4.90 Å². The standard InChI is InChI=1S/C13H20N2O4S/c1-9(2)12(13(16)17)14-20(18,19)11-7-5-6-10(8-11)15(3)4/h5-9,12,14H,1-4H3,(H,16,17)/t12-/m1/s1. The van der Waals surface area contributed by atoms with Crippen molar-refractivity contribution in [1.82, 2.24) is 4.72 Å². The van der Waals surface area contributed by atoms with E-state index in [2.05, 4.69) is 4.72 Å². The average Bonchev–Trinajstić information content (AvgIpc) is 2.35. The molecule has 0 bridgehead atoms. The average molecular weight is 300 g/mol. The van der Waals surface area contributed by atoms with E-state index in [4.69, 9.17) is 5.11 Å². The van der Waals surface area contributed by atoms with Gasteiger partial charge in [0.15, 0.2) is 0 Å². The third-order valence-corrected chi connectivity index (χ3v) is 4.30. The van der Waals surface area contributed by atoms with Gasteiger partial charge >= 0.3 is 5.97 Å². The van der Waals surface area contributed by atoms with Crippen LogP contribution in [0.5, 0.6) is 0 Å². The van der Waals surface area contributed by atoms with Crippen molar-refractivity contribution >= 4 is 21.7 Å². The Morgan fingerprint density at radius 3 is 2.35 bits per heavy atom. The molecule has 7 heteroatoms. The summed E-state index contributed by atoms with van der Waals surface area (Å²) in [6, 6.07) is 5.18. The third-order valence-electron chi connectivity index (χ3n) is 2.86. The highest BCUT2D eigenvalue weighted by Gasteiger charge is 2.28. The van der Waals surface area contributed by atoms with Gasteiger partial charge in [0.25, 0.3) is 0 Å². The van der Waals surface area contributed by atoms with Crippen LogP contribution in [-0.2, 0) is 14.8 Å². The topological polar surface area (TPSA) is 86.7 Å².